The van der Waals surface area contributed by atoms with E-state index in [0.717, 1.165) is 11.5 Å². The second kappa shape index (κ2) is 6.58. The highest BCUT2D eigenvalue weighted by molar-refractivity contribution is 5.76. The Kier molecular flexibility index (Phi) is 4.80. The predicted molar refractivity (Wildman–Crippen MR) is 75.9 cm³/mol. The zero-order valence-electron chi connectivity index (χ0n) is 11.8. The molecule has 4 N–H and O–H groups in total. The molecule has 0 bridgehead atoms. The van der Waals surface area contributed by atoms with Crippen LogP contribution < -0.4 is 20.7 Å². The Balaban J connectivity index is 2.11. The van der Waals surface area contributed by atoms with Crippen molar-refractivity contribution in [2.24, 2.45) is 0 Å². The smallest absolute Gasteiger partial charge is 0.244 e. The average molecular weight is 283 g/mol. The van der Waals surface area contributed by atoms with Crippen molar-refractivity contribution >= 4 is 17.5 Å². The first-order valence-electron chi connectivity index (χ1n) is 6.62. The van der Waals surface area contributed by atoms with Gasteiger partial charge in [0.1, 0.15) is 5.69 Å². The lowest BCUT2D eigenvalue weighted by molar-refractivity contribution is 0.0447. The molecule has 0 spiro atoms. The first-order chi connectivity index (χ1) is 9.69. The van der Waals surface area contributed by atoms with Gasteiger partial charge in [-0.25, -0.2) is 0 Å². The van der Waals surface area contributed by atoms with Crippen molar-refractivity contribution in [2.45, 2.75) is 19.4 Å². The zero-order chi connectivity index (χ0) is 14.5. The van der Waals surface area contributed by atoms with Gasteiger partial charge in [-0.1, -0.05) is 0 Å². The van der Waals surface area contributed by atoms with E-state index >= 15 is 0 Å². The molecule has 0 aliphatic carbocycles. The molecule has 0 saturated heterocycles. The van der Waals surface area contributed by atoms with Crippen molar-refractivity contribution in [3.63, 3.8) is 0 Å². The fourth-order valence-corrected chi connectivity index (χ4v) is 2.09. The average Bonchev–Trinajstić information content (AvgIpc) is 2.83. The number of hydrogen-bond donors (Lipinski definition) is 3. The van der Waals surface area contributed by atoms with Crippen LogP contribution in [0.3, 0.4) is 0 Å². The fraction of sp³-hybridized carbons (Fsp3) is 0.667. The molecule has 20 heavy (non-hydrogen) atoms. The van der Waals surface area contributed by atoms with Crippen LogP contribution in [-0.4, -0.2) is 54.7 Å². The highest BCUT2D eigenvalue weighted by atomic mass is 16.5. The van der Waals surface area contributed by atoms with E-state index in [4.69, 9.17) is 20.3 Å². The number of methoxy groups -OCH3 is 1. The standard InChI is InChI=1S/C12H21N5O3/c1-3-20-11-9-10(15-12(13)16-11)17(7-14-9)5-4-8(6-18)19-2/h8,14,18H,3-7H2,1-2H3,(H2,13,15,16). The van der Waals surface area contributed by atoms with E-state index in [2.05, 4.69) is 15.3 Å². The molecule has 0 fully saturated rings. The molecule has 2 heterocycles. The number of aliphatic hydroxyl groups is 1. The van der Waals surface area contributed by atoms with E-state index < -0.39 is 0 Å². The molecule has 0 amide bonds. The summed E-state index contributed by atoms with van der Waals surface area (Å²) in [6.07, 6.45) is 0.520. The second-order valence-electron chi connectivity index (χ2n) is 4.45. The number of hydrogen-bond acceptors (Lipinski definition) is 8. The number of rotatable bonds is 7. The number of nitrogens with two attached hydrogens (primary N) is 1. The van der Waals surface area contributed by atoms with Gasteiger partial charge in [0.15, 0.2) is 5.82 Å². The number of nitrogen functional groups attached to an aromatic ring is 1. The van der Waals surface area contributed by atoms with Gasteiger partial charge in [0.2, 0.25) is 11.8 Å². The molecule has 8 heteroatoms. The van der Waals surface area contributed by atoms with Gasteiger partial charge in [-0.3, -0.25) is 0 Å². The van der Waals surface area contributed by atoms with Crippen LogP contribution in [0.4, 0.5) is 17.5 Å². The quantitative estimate of drug-likeness (QED) is 0.644. The summed E-state index contributed by atoms with van der Waals surface area (Å²) in [7, 11) is 1.59. The molecule has 1 atom stereocenters. The molecule has 1 unspecified atom stereocenters. The molecule has 1 aromatic rings. The number of ether oxygens (including phenoxy) is 2. The summed E-state index contributed by atoms with van der Waals surface area (Å²) in [6, 6.07) is 0. The maximum absolute atomic E-state index is 9.13. The largest absolute Gasteiger partial charge is 0.476 e. The lowest BCUT2D eigenvalue weighted by atomic mass is 10.2. The first kappa shape index (κ1) is 14.6. The highest BCUT2D eigenvalue weighted by Crippen LogP contribution is 2.36. The molecule has 0 radical (unpaired) electrons. The number of aromatic nitrogens is 2. The van der Waals surface area contributed by atoms with E-state index in [1.165, 1.54) is 0 Å². The summed E-state index contributed by atoms with van der Waals surface area (Å²) in [5.74, 6) is 1.39. The molecule has 2 rings (SSSR count). The third-order valence-corrected chi connectivity index (χ3v) is 3.16. The van der Waals surface area contributed by atoms with Gasteiger partial charge in [0, 0.05) is 13.7 Å². The monoisotopic (exact) mass is 283 g/mol. The Morgan fingerprint density at radius 3 is 2.95 bits per heavy atom. The van der Waals surface area contributed by atoms with Gasteiger partial charge < -0.3 is 30.5 Å². The number of aliphatic hydroxyl groups excluding tert-OH is 1. The van der Waals surface area contributed by atoms with Gasteiger partial charge in [0.25, 0.3) is 0 Å². The summed E-state index contributed by atoms with van der Waals surface area (Å²) in [4.78, 5) is 10.4. The van der Waals surface area contributed by atoms with Gasteiger partial charge in [0.05, 0.1) is 26.0 Å². The van der Waals surface area contributed by atoms with Crippen LogP contribution >= 0.6 is 0 Å². The highest BCUT2D eigenvalue weighted by Gasteiger charge is 2.26. The summed E-state index contributed by atoms with van der Waals surface area (Å²) >= 11 is 0. The predicted octanol–water partition coefficient (Wildman–Crippen LogP) is 0.0443. The molecule has 1 aromatic heterocycles. The molecule has 1 aliphatic heterocycles. The third-order valence-electron chi connectivity index (χ3n) is 3.16. The molecular formula is C12H21N5O3. The van der Waals surface area contributed by atoms with Crippen LogP contribution in [-0.2, 0) is 4.74 Å². The molecule has 0 aromatic carbocycles. The fourth-order valence-electron chi connectivity index (χ4n) is 2.09. The van der Waals surface area contributed by atoms with Gasteiger partial charge in [-0.2, -0.15) is 9.97 Å². The summed E-state index contributed by atoms with van der Waals surface area (Å²) < 4.78 is 10.6. The minimum absolute atomic E-state index is 0.000728. The third kappa shape index (κ3) is 3.02. The van der Waals surface area contributed by atoms with Crippen molar-refractivity contribution < 1.29 is 14.6 Å². The van der Waals surface area contributed by atoms with Crippen molar-refractivity contribution in [3.05, 3.63) is 0 Å². The van der Waals surface area contributed by atoms with E-state index in [1.54, 1.807) is 7.11 Å². The van der Waals surface area contributed by atoms with E-state index in [-0.39, 0.29) is 18.7 Å². The van der Waals surface area contributed by atoms with Crippen LogP contribution in [0.2, 0.25) is 0 Å². The Bertz CT molecular complexity index is 453. The lowest BCUT2D eigenvalue weighted by Gasteiger charge is -2.20. The van der Waals surface area contributed by atoms with Crippen LogP contribution in [0.15, 0.2) is 0 Å². The normalized spacial score (nSPS) is 14.8. The topological polar surface area (TPSA) is 106 Å². The summed E-state index contributed by atoms with van der Waals surface area (Å²) in [6.45, 7) is 3.71. The Morgan fingerprint density at radius 2 is 2.30 bits per heavy atom. The van der Waals surface area contributed by atoms with Gasteiger partial charge in [-0.05, 0) is 13.3 Å². The summed E-state index contributed by atoms with van der Waals surface area (Å²) in [5, 5.41) is 12.3. The maximum Gasteiger partial charge on any atom is 0.244 e. The lowest BCUT2D eigenvalue weighted by Crippen LogP contribution is -2.29. The number of fused-ring (bicyclic) bond motifs is 1. The van der Waals surface area contributed by atoms with Crippen LogP contribution in [0.25, 0.3) is 0 Å². The van der Waals surface area contributed by atoms with Crippen molar-refractivity contribution in [2.75, 3.05) is 49.5 Å². The Morgan fingerprint density at radius 1 is 1.50 bits per heavy atom. The zero-order valence-corrected chi connectivity index (χ0v) is 11.8. The number of nitrogens with one attached hydrogen (secondary N) is 1. The molecule has 0 saturated carbocycles. The number of anilines is 3. The van der Waals surface area contributed by atoms with Crippen LogP contribution in [0.1, 0.15) is 13.3 Å². The first-order valence-corrected chi connectivity index (χ1v) is 6.62. The van der Waals surface area contributed by atoms with Crippen molar-refractivity contribution in [1.82, 2.24) is 9.97 Å². The SMILES string of the molecule is CCOc1nc(N)nc2c1NCN2CCC(CO)OC. The Hall–Kier alpha value is -1.80. The molecule has 1 aliphatic rings. The minimum Gasteiger partial charge on any atom is -0.476 e. The van der Waals surface area contributed by atoms with E-state index in [0.29, 0.717) is 32.1 Å². The second-order valence-corrected chi connectivity index (χ2v) is 4.45. The molecule has 112 valence electrons. The van der Waals surface area contributed by atoms with Crippen molar-refractivity contribution in [3.8, 4) is 5.88 Å². The Labute approximate surface area is 117 Å². The van der Waals surface area contributed by atoms with E-state index in [1.807, 2.05) is 11.8 Å². The van der Waals surface area contributed by atoms with Crippen LogP contribution in [0, 0.1) is 0 Å². The van der Waals surface area contributed by atoms with Crippen molar-refractivity contribution in [1.29, 1.82) is 0 Å². The number of nitrogens with zero attached hydrogens (tertiary/aromatic N) is 3. The van der Waals surface area contributed by atoms with Gasteiger partial charge in [-0.15, -0.1) is 0 Å². The molecule has 8 nitrogen and oxygen atoms in total. The summed E-state index contributed by atoms with van der Waals surface area (Å²) in [5.41, 5.74) is 6.47. The van der Waals surface area contributed by atoms with Gasteiger partial charge >= 0.3 is 0 Å². The van der Waals surface area contributed by atoms with E-state index in [9.17, 15) is 0 Å². The molecular weight excluding hydrogens is 262 g/mol. The van der Waals surface area contributed by atoms with Crippen LogP contribution in [0.5, 0.6) is 5.88 Å². The minimum atomic E-state index is -0.176. The maximum atomic E-state index is 9.13.